The van der Waals surface area contributed by atoms with Gasteiger partial charge < -0.3 is 5.73 Å². The monoisotopic (exact) mass is 307 g/mol. The first kappa shape index (κ1) is 12.7. The van der Waals surface area contributed by atoms with E-state index in [1.54, 1.807) is 11.8 Å². The molecular weight excluding hydrogens is 294 g/mol. The molecule has 1 nitrogen and oxygen atoms in total. The van der Waals surface area contributed by atoms with Crippen molar-refractivity contribution >= 4 is 27.7 Å². The molecule has 0 atom stereocenters. The number of benzene rings is 2. The van der Waals surface area contributed by atoms with Crippen LogP contribution < -0.4 is 5.73 Å². The van der Waals surface area contributed by atoms with Crippen LogP contribution in [0.1, 0.15) is 5.56 Å². The van der Waals surface area contributed by atoms with E-state index in [0.717, 1.165) is 10.9 Å². The fourth-order valence-corrected chi connectivity index (χ4v) is 2.91. The second kappa shape index (κ2) is 6.24. The van der Waals surface area contributed by atoms with E-state index in [0.29, 0.717) is 6.54 Å². The summed E-state index contributed by atoms with van der Waals surface area (Å²) in [5, 5.41) is 0. The third-order valence-corrected chi connectivity index (χ3v) is 4.46. The van der Waals surface area contributed by atoms with Crippen LogP contribution in [0.3, 0.4) is 0 Å². The highest BCUT2D eigenvalue weighted by Crippen LogP contribution is 2.33. The Morgan fingerprint density at radius 3 is 2.35 bits per heavy atom. The lowest BCUT2D eigenvalue weighted by Gasteiger charge is -2.05. The second-order valence-corrected chi connectivity index (χ2v) is 5.68. The van der Waals surface area contributed by atoms with Crippen molar-refractivity contribution < 1.29 is 0 Å². The molecule has 0 heterocycles. The normalized spacial score (nSPS) is 10.5. The summed E-state index contributed by atoms with van der Waals surface area (Å²) in [5.74, 6) is 0. The highest BCUT2D eigenvalue weighted by atomic mass is 79.9. The van der Waals surface area contributed by atoms with Gasteiger partial charge >= 0.3 is 0 Å². The number of hydrogen-bond donors (Lipinski definition) is 1. The molecule has 0 bridgehead atoms. The van der Waals surface area contributed by atoms with Crippen LogP contribution >= 0.6 is 27.7 Å². The van der Waals surface area contributed by atoms with Gasteiger partial charge in [-0.25, -0.2) is 0 Å². The molecule has 0 fully saturated rings. The maximum Gasteiger partial charge on any atom is 0.0314 e. The molecule has 2 rings (SSSR count). The van der Waals surface area contributed by atoms with E-state index < -0.39 is 0 Å². The summed E-state index contributed by atoms with van der Waals surface area (Å²) in [7, 11) is 0. The SMILES string of the molecule is NCCc1ccc(Sc2ccccc2Br)cc1. The molecule has 0 amide bonds. The van der Waals surface area contributed by atoms with Gasteiger partial charge in [0.1, 0.15) is 0 Å². The number of hydrogen-bond acceptors (Lipinski definition) is 2. The Morgan fingerprint density at radius 1 is 1.00 bits per heavy atom. The first-order chi connectivity index (χ1) is 8.29. The predicted molar refractivity (Wildman–Crippen MR) is 77.5 cm³/mol. The maximum atomic E-state index is 5.53. The van der Waals surface area contributed by atoms with Crippen LogP contribution in [-0.2, 0) is 6.42 Å². The van der Waals surface area contributed by atoms with Crippen LogP contribution in [0, 0.1) is 0 Å². The molecular formula is C14H14BrNS. The van der Waals surface area contributed by atoms with Gasteiger partial charge in [0.25, 0.3) is 0 Å². The molecule has 3 heteroatoms. The molecule has 0 radical (unpaired) electrons. The van der Waals surface area contributed by atoms with Gasteiger partial charge in [0.05, 0.1) is 0 Å². The minimum atomic E-state index is 0.705. The Hall–Kier alpha value is -0.770. The minimum absolute atomic E-state index is 0.705. The summed E-state index contributed by atoms with van der Waals surface area (Å²) >= 11 is 5.32. The molecule has 0 spiro atoms. The number of rotatable bonds is 4. The minimum Gasteiger partial charge on any atom is -0.330 e. The lowest BCUT2D eigenvalue weighted by molar-refractivity contribution is 0.966. The third kappa shape index (κ3) is 3.60. The van der Waals surface area contributed by atoms with Crippen molar-refractivity contribution in [2.24, 2.45) is 5.73 Å². The van der Waals surface area contributed by atoms with E-state index in [4.69, 9.17) is 5.73 Å². The van der Waals surface area contributed by atoms with Crippen LogP contribution in [0.4, 0.5) is 0 Å². The van der Waals surface area contributed by atoms with Crippen molar-refractivity contribution in [1.82, 2.24) is 0 Å². The highest BCUT2D eigenvalue weighted by molar-refractivity contribution is 9.10. The second-order valence-electron chi connectivity index (χ2n) is 3.72. The summed E-state index contributed by atoms with van der Waals surface area (Å²) < 4.78 is 1.14. The zero-order chi connectivity index (χ0) is 12.1. The van der Waals surface area contributed by atoms with E-state index in [9.17, 15) is 0 Å². The Morgan fingerprint density at radius 2 is 1.71 bits per heavy atom. The first-order valence-electron chi connectivity index (χ1n) is 5.51. The summed E-state index contributed by atoms with van der Waals surface area (Å²) in [5.41, 5.74) is 6.83. The van der Waals surface area contributed by atoms with Crippen LogP contribution in [0.2, 0.25) is 0 Å². The van der Waals surface area contributed by atoms with E-state index in [1.807, 2.05) is 6.07 Å². The number of nitrogens with two attached hydrogens (primary N) is 1. The summed E-state index contributed by atoms with van der Waals surface area (Å²) in [6, 6.07) is 16.8. The van der Waals surface area contributed by atoms with Gasteiger partial charge in [-0.3, -0.25) is 0 Å². The quantitative estimate of drug-likeness (QED) is 0.920. The van der Waals surface area contributed by atoms with Gasteiger partial charge in [0, 0.05) is 14.3 Å². The molecule has 2 aromatic rings. The molecule has 0 aliphatic rings. The zero-order valence-electron chi connectivity index (χ0n) is 9.40. The van der Waals surface area contributed by atoms with Crippen LogP contribution in [0.5, 0.6) is 0 Å². The molecule has 0 aliphatic heterocycles. The van der Waals surface area contributed by atoms with Gasteiger partial charge in [0.2, 0.25) is 0 Å². The predicted octanol–water partition coefficient (Wildman–Crippen LogP) is 4.10. The largest absolute Gasteiger partial charge is 0.330 e. The Balaban J connectivity index is 2.11. The van der Waals surface area contributed by atoms with E-state index in [1.165, 1.54) is 15.4 Å². The van der Waals surface area contributed by atoms with E-state index in [-0.39, 0.29) is 0 Å². The molecule has 88 valence electrons. The molecule has 0 aliphatic carbocycles. The fourth-order valence-electron chi connectivity index (χ4n) is 1.55. The molecule has 0 unspecified atom stereocenters. The average molecular weight is 308 g/mol. The molecule has 0 saturated heterocycles. The van der Waals surface area contributed by atoms with Gasteiger partial charge in [-0.05, 0) is 58.7 Å². The fraction of sp³-hybridized carbons (Fsp3) is 0.143. The molecule has 2 aromatic carbocycles. The maximum absolute atomic E-state index is 5.53. The third-order valence-electron chi connectivity index (χ3n) is 2.42. The summed E-state index contributed by atoms with van der Waals surface area (Å²) in [4.78, 5) is 2.48. The topological polar surface area (TPSA) is 26.0 Å². The Kier molecular flexibility index (Phi) is 4.66. The smallest absolute Gasteiger partial charge is 0.0314 e. The van der Waals surface area contributed by atoms with Crippen molar-refractivity contribution in [3.63, 3.8) is 0 Å². The molecule has 0 aromatic heterocycles. The molecule has 2 N–H and O–H groups in total. The van der Waals surface area contributed by atoms with Crippen LogP contribution in [0.25, 0.3) is 0 Å². The average Bonchev–Trinajstić information content (AvgIpc) is 2.35. The standard InChI is InChI=1S/C14H14BrNS/c15-13-3-1-2-4-14(13)17-12-7-5-11(6-8-12)9-10-16/h1-8H,9-10,16H2. The van der Waals surface area contributed by atoms with Gasteiger partial charge in [0.15, 0.2) is 0 Å². The zero-order valence-corrected chi connectivity index (χ0v) is 11.8. The lowest BCUT2D eigenvalue weighted by Crippen LogP contribution is -2.02. The molecule has 0 saturated carbocycles. The van der Waals surface area contributed by atoms with Crippen molar-refractivity contribution in [2.75, 3.05) is 6.54 Å². The van der Waals surface area contributed by atoms with Gasteiger partial charge in [-0.2, -0.15) is 0 Å². The molecule has 17 heavy (non-hydrogen) atoms. The highest BCUT2D eigenvalue weighted by Gasteiger charge is 2.01. The van der Waals surface area contributed by atoms with Crippen molar-refractivity contribution in [1.29, 1.82) is 0 Å². The lowest BCUT2D eigenvalue weighted by atomic mass is 10.2. The van der Waals surface area contributed by atoms with Gasteiger partial charge in [-0.15, -0.1) is 0 Å². The first-order valence-corrected chi connectivity index (χ1v) is 7.12. The Labute approximate surface area is 115 Å². The van der Waals surface area contributed by atoms with E-state index >= 15 is 0 Å². The van der Waals surface area contributed by atoms with Crippen molar-refractivity contribution in [3.8, 4) is 0 Å². The van der Waals surface area contributed by atoms with Crippen molar-refractivity contribution in [3.05, 3.63) is 58.6 Å². The summed E-state index contributed by atoms with van der Waals surface area (Å²) in [6.45, 7) is 0.705. The van der Waals surface area contributed by atoms with Crippen LogP contribution in [-0.4, -0.2) is 6.54 Å². The van der Waals surface area contributed by atoms with Gasteiger partial charge in [-0.1, -0.05) is 36.0 Å². The van der Waals surface area contributed by atoms with Crippen molar-refractivity contribution in [2.45, 2.75) is 16.2 Å². The van der Waals surface area contributed by atoms with Crippen LogP contribution in [0.15, 0.2) is 62.8 Å². The summed E-state index contributed by atoms with van der Waals surface area (Å²) in [6.07, 6.45) is 0.944. The Bertz CT molecular complexity index is 482. The van der Waals surface area contributed by atoms with E-state index in [2.05, 4.69) is 58.4 Å². The number of halogens is 1.